The maximum Gasteiger partial charge on any atom is 0.252 e. The van der Waals surface area contributed by atoms with Crippen LogP contribution in [0.5, 0.6) is 0 Å². The predicted molar refractivity (Wildman–Crippen MR) is 119 cm³/mol. The van der Waals surface area contributed by atoms with Gasteiger partial charge in [0.2, 0.25) is 0 Å². The zero-order valence-corrected chi connectivity index (χ0v) is 17.4. The number of carbonyl (C=O) groups is 1. The number of H-pyrrole nitrogens is 1. The molecule has 0 radical (unpaired) electrons. The van der Waals surface area contributed by atoms with Gasteiger partial charge in [-0.15, -0.1) is 0 Å². The smallest absolute Gasteiger partial charge is 0.252 e. The highest BCUT2D eigenvalue weighted by Crippen LogP contribution is 2.28. The number of para-hydroxylation sites is 1. The summed E-state index contributed by atoms with van der Waals surface area (Å²) in [5.41, 5.74) is 6.38. The van der Waals surface area contributed by atoms with E-state index in [2.05, 4.69) is 20.8 Å². The topological polar surface area (TPSA) is 82.7 Å². The summed E-state index contributed by atoms with van der Waals surface area (Å²) in [6, 6.07) is 15.8. The summed E-state index contributed by atoms with van der Waals surface area (Å²) in [7, 11) is 1.90. The monoisotopic (exact) mass is 399 g/mol. The van der Waals surface area contributed by atoms with Crippen LogP contribution in [0.3, 0.4) is 0 Å². The van der Waals surface area contributed by atoms with E-state index in [9.17, 15) is 4.79 Å². The summed E-state index contributed by atoms with van der Waals surface area (Å²) in [5.74, 6) is -0.0799. The van der Waals surface area contributed by atoms with Gasteiger partial charge in [-0.2, -0.15) is 5.10 Å². The lowest BCUT2D eigenvalue weighted by molar-refractivity contribution is 0.0939. The van der Waals surface area contributed by atoms with Gasteiger partial charge < -0.3 is 10.6 Å². The second-order valence-electron chi connectivity index (χ2n) is 7.48. The minimum Gasteiger partial charge on any atom is -0.345 e. The SMILES string of the molecule is CNCc1ccc(C)c(C(=O)N[C@H](C)c2cc(-c3cn[nH]c3)nc3ccccc23)c1. The summed E-state index contributed by atoms with van der Waals surface area (Å²) in [5, 5.41) is 14.2. The van der Waals surface area contributed by atoms with Gasteiger partial charge in [0.1, 0.15) is 0 Å². The highest BCUT2D eigenvalue weighted by molar-refractivity contribution is 5.96. The maximum atomic E-state index is 13.1. The van der Waals surface area contributed by atoms with Crippen LogP contribution in [0.25, 0.3) is 22.2 Å². The minimum atomic E-state index is -0.191. The average Bonchev–Trinajstić information content (AvgIpc) is 3.29. The fourth-order valence-corrected chi connectivity index (χ4v) is 3.68. The molecular formula is C24H25N5O. The van der Waals surface area contributed by atoms with Crippen molar-refractivity contribution in [2.75, 3.05) is 7.05 Å². The highest BCUT2D eigenvalue weighted by Gasteiger charge is 2.18. The van der Waals surface area contributed by atoms with Crippen molar-refractivity contribution >= 4 is 16.8 Å². The van der Waals surface area contributed by atoms with Gasteiger partial charge in [0.25, 0.3) is 5.91 Å². The number of hydrogen-bond acceptors (Lipinski definition) is 4. The van der Waals surface area contributed by atoms with Crippen molar-refractivity contribution in [1.29, 1.82) is 0 Å². The number of aromatic amines is 1. The molecule has 2 aromatic heterocycles. The van der Waals surface area contributed by atoms with Crippen molar-refractivity contribution in [1.82, 2.24) is 25.8 Å². The van der Waals surface area contributed by atoms with Gasteiger partial charge in [-0.05, 0) is 55.8 Å². The molecule has 0 aliphatic rings. The van der Waals surface area contributed by atoms with Crippen LogP contribution in [0, 0.1) is 6.92 Å². The Kier molecular flexibility index (Phi) is 5.59. The normalized spacial score (nSPS) is 12.1. The van der Waals surface area contributed by atoms with Crippen molar-refractivity contribution in [3.8, 4) is 11.3 Å². The fourth-order valence-electron chi connectivity index (χ4n) is 3.68. The third-order valence-electron chi connectivity index (χ3n) is 5.28. The maximum absolute atomic E-state index is 13.1. The van der Waals surface area contributed by atoms with Crippen molar-refractivity contribution in [2.45, 2.75) is 26.4 Å². The number of aryl methyl sites for hydroxylation is 1. The zero-order chi connectivity index (χ0) is 21.1. The molecule has 152 valence electrons. The van der Waals surface area contributed by atoms with Crippen LogP contribution in [0.15, 0.2) is 60.9 Å². The number of carbonyl (C=O) groups excluding carboxylic acids is 1. The third-order valence-corrected chi connectivity index (χ3v) is 5.28. The number of pyridine rings is 1. The van der Waals surface area contributed by atoms with Crippen LogP contribution in [-0.2, 0) is 6.54 Å². The zero-order valence-electron chi connectivity index (χ0n) is 17.4. The van der Waals surface area contributed by atoms with Crippen molar-refractivity contribution in [3.63, 3.8) is 0 Å². The van der Waals surface area contributed by atoms with Crippen molar-refractivity contribution < 1.29 is 4.79 Å². The Balaban J connectivity index is 1.69. The van der Waals surface area contributed by atoms with E-state index in [0.29, 0.717) is 5.56 Å². The van der Waals surface area contributed by atoms with Gasteiger partial charge in [-0.3, -0.25) is 9.89 Å². The number of nitrogens with zero attached hydrogens (tertiary/aromatic N) is 2. The number of rotatable bonds is 6. The Hall–Kier alpha value is -3.51. The summed E-state index contributed by atoms with van der Waals surface area (Å²) >= 11 is 0. The van der Waals surface area contributed by atoms with E-state index in [0.717, 1.165) is 45.4 Å². The molecule has 0 fully saturated rings. The Bertz CT molecular complexity index is 1180. The van der Waals surface area contributed by atoms with Gasteiger partial charge >= 0.3 is 0 Å². The molecule has 6 nitrogen and oxygen atoms in total. The molecule has 0 aliphatic carbocycles. The summed E-state index contributed by atoms with van der Waals surface area (Å²) in [6.45, 7) is 4.69. The Labute approximate surface area is 175 Å². The lowest BCUT2D eigenvalue weighted by Crippen LogP contribution is -2.27. The van der Waals surface area contributed by atoms with Crippen LogP contribution in [0.4, 0.5) is 0 Å². The predicted octanol–water partition coefficient (Wildman–Crippen LogP) is 4.14. The first-order chi connectivity index (χ1) is 14.6. The molecule has 0 spiro atoms. The molecular weight excluding hydrogens is 374 g/mol. The molecule has 1 atom stereocenters. The van der Waals surface area contributed by atoms with E-state index in [1.54, 1.807) is 6.20 Å². The minimum absolute atomic E-state index is 0.0799. The molecule has 1 amide bonds. The number of nitrogens with one attached hydrogen (secondary N) is 3. The molecule has 2 aromatic carbocycles. The molecule has 4 aromatic rings. The van der Waals surface area contributed by atoms with Crippen LogP contribution >= 0.6 is 0 Å². The molecule has 30 heavy (non-hydrogen) atoms. The first kappa shape index (κ1) is 19.8. The third kappa shape index (κ3) is 3.95. The summed E-state index contributed by atoms with van der Waals surface area (Å²) in [6.07, 6.45) is 3.57. The standard InChI is InChI=1S/C24H25N5O/c1-15-8-9-17(12-25-3)10-20(15)24(30)28-16(2)21-11-23(18-13-26-27-14-18)29-22-7-5-4-6-19(21)22/h4-11,13-14,16,25H,12H2,1-3H3,(H,26,27)(H,28,30)/t16-/m1/s1. The van der Waals surface area contributed by atoms with Crippen molar-refractivity contribution in [2.24, 2.45) is 0 Å². The molecule has 0 saturated carbocycles. The largest absolute Gasteiger partial charge is 0.345 e. The average molecular weight is 399 g/mol. The van der Waals surface area contributed by atoms with E-state index in [1.165, 1.54) is 0 Å². The van der Waals surface area contributed by atoms with Crippen LogP contribution < -0.4 is 10.6 Å². The lowest BCUT2D eigenvalue weighted by Gasteiger charge is -2.18. The van der Waals surface area contributed by atoms with Crippen LogP contribution in [0.2, 0.25) is 0 Å². The molecule has 4 rings (SSSR count). The highest BCUT2D eigenvalue weighted by atomic mass is 16.1. The second kappa shape index (κ2) is 8.47. The lowest BCUT2D eigenvalue weighted by atomic mass is 9.99. The quantitative estimate of drug-likeness (QED) is 0.455. The van der Waals surface area contributed by atoms with E-state index in [4.69, 9.17) is 4.98 Å². The molecule has 0 aliphatic heterocycles. The molecule has 6 heteroatoms. The summed E-state index contributed by atoms with van der Waals surface area (Å²) < 4.78 is 0. The van der Waals surface area contributed by atoms with Crippen molar-refractivity contribution in [3.05, 3.63) is 83.2 Å². The van der Waals surface area contributed by atoms with E-state index < -0.39 is 0 Å². The van der Waals surface area contributed by atoms with Gasteiger partial charge in [0, 0.05) is 29.3 Å². The Morgan fingerprint density at radius 3 is 2.77 bits per heavy atom. The van der Waals surface area contributed by atoms with E-state index >= 15 is 0 Å². The van der Waals surface area contributed by atoms with E-state index in [1.807, 2.05) is 75.6 Å². The first-order valence-corrected chi connectivity index (χ1v) is 10.0. The number of aromatic nitrogens is 3. The Morgan fingerprint density at radius 2 is 2.00 bits per heavy atom. The molecule has 0 unspecified atom stereocenters. The van der Waals surface area contributed by atoms with Crippen LogP contribution in [-0.4, -0.2) is 28.1 Å². The van der Waals surface area contributed by atoms with Gasteiger partial charge in [0.15, 0.2) is 0 Å². The number of amides is 1. The molecule has 3 N–H and O–H groups in total. The second-order valence-corrected chi connectivity index (χ2v) is 7.48. The molecule has 2 heterocycles. The number of fused-ring (bicyclic) bond motifs is 1. The summed E-state index contributed by atoms with van der Waals surface area (Å²) in [4.78, 5) is 17.9. The molecule has 0 saturated heterocycles. The number of hydrogen-bond donors (Lipinski definition) is 3. The van der Waals surface area contributed by atoms with E-state index in [-0.39, 0.29) is 11.9 Å². The number of benzene rings is 2. The van der Waals surface area contributed by atoms with Gasteiger partial charge in [0.05, 0.1) is 23.4 Å². The van der Waals surface area contributed by atoms with Gasteiger partial charge in [-0.1, -0.05) is 30.3 Å². The first-order valence-electron chi connectivity index (χ1n) is 10.0. The van der Waals surface area contributed by atoms with Gasteiger partial charge in [-0.25, -0.2) is 4.98 Å². The molecule has 0 bridgehead atoms. The fraction of sp³-hybridized carbons (Fsp3) is 0.208. The Morgan fingerprint density at radius 1 is 1.17 bits per heavy atom. The van der Waals surface area contributed by atoms with Crippen LogP contribution in [0.1, 0.15) is 40.0 Å².